The molecule has 1 fully saturated rings. The third-order valence-electron chi connectivity index (χ3n) is 7.32. The molecule has 0 radical (unpaired) electrons. The van der Waals surface area contributed by atoms with Crippen molar-refractivity contribution in [3.8, 4) is 0 Å². The lowest BCUT2D eigenvalue weighted by molar-refractivity contribution is -0.127. The molecule has 0 aliphatic carbocycles. The number of nitrogens with one attached hydrogen (secondary N) is 1. The predicted octanol–water partition coefficient (Wildman–Crippen LogP) is 6.09. The quantitative estimate of drug-likeness (QED) is 0.359. The fourth-order valence-corrected chi connectivity index (χ4v) is 5.32. The maximum Gasteiger partial charge on any atom is 0.223 e. The molecule has 4 aromatic rings. The minimum Gasteiger partial charge on any atom is -0.349 e. The summed E-state index contributed by atoms with van der Waals surface area (Å²) in [5.41, 5.74) is 6.40. The number of carbonyl (C=O) groups excluding carboxylic acids is 1. The van der Waals surface area contributed by atoms with Crippen LogP contribution in [-0.2, 0) is 17.9 Å². The van der Waals surface area contributed by atoms with Gasteiger partial charge < -0.3 is 9.88 Å². The van der Waals surface area contributed by atoms with Crippen LogP contribution in [-0.4, -0.2) is 28.5 Å². The van der Waals surface area contributed by atoms with Crippen molar-refractivity contribution in [3.05, 3.63) is 107 Å². The third kappa shape index (κ3) is 5.49. The largest absolute Gasteiger partial charge is 0.349 e. The van der Waals surface area contributed by atoms with Gasteiger partial charge in [-0.25, -0.2) is 0 Å². The number of amides is 1. The van der Waals surface area contributed by atoms with Gasteiger partial charge in [-0.05, 0) is 68.4 Å². The van der Waals surface area contributed by atoms with E-state index < -0.39 is 0 Å². The monoisotopic (exact) mass is 465 g/mol. The van der Waals surface area contributed by atoms with Crippen molar-refractivity contribution in [2.45, 2.75) is 45.8 Å². The van der Waals surface area contributed by atoms with Gasteiger partial charge in [0.25, 0.3) is 0 Å². The second-order valence-electron chi connectivity index (χ2n) is 9.96. The summed E-state index contributed by atoms with van der Waals surface area (Å²) in [6.45, 7) is 7.90. The number of piperidine rings is 1. The molecule has 5 rings (SSSR count). The first-order valence-electron chi connectivity index (χ1n) is 12.8. The van der Waals surface area contributed by atoms with Crippen molar-refractivity contribution >= 4 is 16.8 Å². The Labute approximate surface area is 208 Å². The second-order valence-corrected chi connectivity index (χ2v) is 9.96. The van der Waals surface area contributed by atoms with Gasteiger partial charge in [0.15, 0.2) is 0 Å². The molecule has 4 nitrogen and oxygen atoms in total. The highest BCUT2D eigenvalue weighted by atomic mass is 16.1. The van der Waals surface area contributed by atoms with E-state index in [2.05, 4.69) is 95.4 Å². The molecule has 1 aliphatic heterocycles. The first-order valence-corrected chi connectivity index (χ1v) is 12.8. The van der Waals surface area contributed by atoms with Crippen LogP contribution in [0.15, 0.2) is 84.9 Å². The molecule has 1 aliphatic rings. The molecule has 0 saturated carbocycles. The van der Waals surface area contributed by atoms with Crippen molar-refractivity contribution in [2.24, 2.45) is 5.92 Å². The number of para-hydroxylation sites is 1. The van der Waals surface area contributed by atoms with E-state index in [0.29, 0.717) is 0 Å². The second kappa shape index (κ2) is 10.5. The fourth-order valence-electron chi connectivity index (χ4n) is 5.32. The van der Waals surface area contributed by atoms with E-state index in [4.69, 9.17) is 0 Å². The molecule has 1 unspecified atom stereocenters. The van der Waals surface area contributed by atoms with E-state index in [1.807, 2.05) is 18.2 Å². The van der Waals surface area contributed by atoms with Crippen LogP contribution in [0.5, 0.6) is 0 Å². The summed E-state index contributed by atoms with van der Waals surface area (Å²) in [7, 11) is 0. The Morgan fingerprint density at radius 3 is 2.43 bits per heavy atom. The Kier molecular flexibility index (Phi) is 7.01. The number of aryl methyl sites for hydroxylation is 1. The average molecular weight is 466 g/mol. The van der Waals surface area contributed by atoms with Gasteiger partial charge in [-0.3, -0.25) is 9.69 Å². The van der Waals surface area contributed by atoms with Crippen LogP contribution >= 0.6 is 0 Å². The molecular formula is C31H35N3O. The highest BCUT2D eigenvalue weighted by Crippen LogP contribution is 2.26. The molecule has 1 N–H and O–H groups in total. The van der Waals surface area contributed by atoms with Gasteiger partial charge in [0.05, 0.1) is 6.04 Å². The molecule has 35 heavy (non-hydrogen) atoms. The first-order chi connectivity index (χ1) is 17.1. The molecule has 0 spiro atoms. The summed E-state index contributed by atoms with van der Waals surface area (Å²) in [4.78, 5) is 15.4. The molecule has 0 bridgehead atoms. The maximum absolute atomic E-state index is 12.9. The molecule has 3 aromatic carbocycles. The number of nitrogens with zero attached hydrogens (tertiary/aromatic N) is 2. The number of benzene rings is 3. The molecule has 1 amide bonds. The number of aromatic nitrogens is 1. The van der Waals surface area contributed by atoms with E-state index in [9.17, 15) is 4.79 Å². The van der Waals surface area contributed by atoms with Crippen molar-refractivity contribution < 1.29 is 4.79 Å². The molecule has 1 aromatic heterocycles. The number of rotatable bonds is 7. The zero-order valence-electron chi connectivity index (χ0n) is 20.8. The van der Waals surface area contributed by atoms with Crippen LogP contribution in [0.3, 0.4) is 0 Å². The first kappa shape index (κ1) is 23.4. The number of fused-ring (bicyclic) bond motifs is 1. The summed E-state index contributed by atoms with van der Waals surface area (Å²) in [6.07, 6.45) is 1.82. The van der Waals surface area contributed by atoms with Crippen molar-refractivity contribution in [3.63, 3.8) is 0 Å². The zero-order valence-corrected chi connectivity index (χ0v) is 20.8. The molecular weight excluding hydrogens is 430 g/mol. The van der Waals surface area contributed by atoms with Gasteiger partial charge in [0, 0.05) is 30.2 Å². The van der Waals surface area contributed by atoms with Gasteiger partial charge in [-0.1, -0.05) is 78.4 Å². The zero-order chi connectivity index (χ0) is 24.2. The molecule has 2 heterocycles. The molecule has 1 atom stereocenters. The van der Waals surface area contributed by atoms with Crippen LogP contribution in [0.25, 0.3) is 10.9 Å². The topological polar surface area (TPSA) is 37.3 Å². The van der Waals surface area contributed by atoms with Crippen LogP contribution in [0.4, 0.5) is 0 Å². The van der Waals surface area contributed by atoms with E-state index in [1.54, 1.807) is 0 Å². The Hall–Kier alpha value is -3.37. The van der Waals surface area contributed by atoms with E-state index in [0.717, 1.165) is 44.6 Å². The van der Waals surface area contributed by atoms with Gasteiger partial charge >= 0.3 is 0 Å². The minimum atomic E-state index is 0.0408. The summed E-state index contributed by atoms with van der Waals surface area (Å²) in [5, 5.41) is 4.52. The van der Waals surface area contributed by atoms with Crippen molar-refractivity contribution in [1.82, 2.24) is 14.8 Å². The number of likely N-dealkylation sites (tertiary alicyclic amines) is 1. The molecule has 1 saturated heterocycles. The highest BCUT2D eigenvalue weighted by molar-refractivity contribution is 5.81. The van der Waals surface area contributed by atoms with Crippen LogP contribution in [0.2, 0.25) is 0 Å². The SMILES string of the molecule is Cc1cccc(Cn2c(CN3CCC(C(=O)NC(C)c4ccccc4)CC3)cc3ccccc32)c1. The summed E-state index contributed by atoms with van der Waals surface area (Å²) >= 11 is 0. The van der Waals surface area contributed by atoms with E-state index in [1.165, 1.54) is 27.7 Å². The highest BCUT2D eigenvalue weighted by Gasteiger charge is 2.26. The lowest BCUT2D eigenvalue weighted by Gasteiger charge is -2.32. The summed E-state index contributed by atoms with van der Waals surface area (Å²) in [5.74, 6) is 0.283. The fraction of sp³-hybridized carbons (Fsp3) is 0.323. The normalized spacial score (nSPS) is 15.8. The standard InChI is InChI=1S/C31H35N3O/c1-23-9-8-10-25(19-23)21-34-29(20-28-13-6-7-14-30(28)34)22-33-17-15-27(16-18-33)31(35)32-24(2)26-11-4-3-5-12-26/h3-14,19-20,24,27H,15-18,21-22H2,1-2H3,(H,32,35). The van der Waals surface area contributed by atoms with Gasteiger partial charge in [-0.15, -0.1) is 0 Å². The molecule has 4 heteroatoms. The number of carbonyl (C=O) groups is 1. The Morgan fingerprint density at radius 2 is 1.66 bits per heavy atom. The van der Waals surface area contributed by atoms with Crippen LogP contribution < -0.4 is 5.32 Å². The lowest BCUT2D eigenvalue weighted by atomic mass is 9.95. The smallest absolute Gasteiger partial charge is 0.223 e. The Morgan fingerprint density at radius 1 is 0.914 bits per heavy atom. The van der Waals surface area contributed by atoms with Gasteiger partial charge in [-0.2, -0.15) is 0 Å². The van der Waals surface area contributed by atoms with Crippen molar-refractivity contribution in [1.29, 1.82) is 0 Å². The maximum atomic E-state index is 12.9. The Bertz CT molecular complexity index is 1290. The number of hydrogen-bond donors (Lipinski definition) is 1. The van der Waals surface area contributed by atoms with Crippen LogP contribution in [0, 0.1) is 12.8 Å². The van der Waals surface area contributed by atoms with Crippen LogP contribution in [0.1, 0.15) is 48.2 Å². The third-order valence-corrected chi connectivity index (χ3v) is 7.32. The van der Waals surface area contributed by atoms with E-state index in [-0.39, 0.29) is 17.9 Å². The van der Waals surface area contributed by atoms with Gasteiger partial charge in [0.2, 0.25) is 5.91 Å². The summed E-state index contributed by atoms with van der Waals surface area (Å²) < 4.78 is 2.46. The summed E-state index contributed by atoms with van der Waals surface area (Å²) in [6, 6.07) is 30.0. The van der Waals surface area contributed by atoms with Crippen molar-refractivity contribution in [2.75, 3.05) is 13.1 Å². The Balaban J connectivity index is 1.24. The predicted molar refractivity (Wildman–Crippen MR) is 143 cm³/mol. The number of hydrogen-bond acceptors (Lipinski definition) is 2. The van der Waals surface area contributed by atoms with Gasteiger partial charge in [0.1, 0.15) is 0 Å². The lowest BCUT2D eigenvalue weighted by Crippen LogP contribution is -2.41. The molecule has 180 valence electrons. The van der Waals surface area contributed by atoms with E-state index >= 15 is 0 Å². The average Bonchev–Trinajstić information content (AvgIpc) is 3.21. The minimum absolute atomic E-state index is 0.0408.